The maximum atomic E-state index is 10.1. The lowest BCUT2D eigenvalue weighted by atomic mass is 10.0. The topological polar surface area (TPSA) is 62.4 Å². The molecule has 0 bridgehead atoms. The van der Waals surface area contributed by atoms with E-state index in [1.54, 1.807) is 0 Å². The minimum atomic E-state index is -0.294. The predicted octanol–water partition coefficient (Wildman–Crippen LogP) is 1.47. The van der Waals surface area contributed by atoms with Crippen LogP contribution in [0.1, 0.15) is 17.0 Å². The molecule has 0 amide bonds. The Bertz CT molecular complexity index is 526. The Balaban J connectivity index is 1.59. The lowest BCUT2D eigenvalue weighted by molar-refractivity contribution is 0.137. The highest BCUT2D eigenvalue weighted by molar-refractivity contribution is 7.03. The van der Waals surface area contributed by atoms with Crippen molar-refractivity contribution in [2.24, 2.45) is 5.92 Å². The molecule has 102 valence electrons. The summed E-state index contributed by atoms with van der Waals surface area (Å²) in [6.45, 7) is 4.37. The molecule has 0 aromatic carbocycles. The van der Waals surface area contributed by atoms with Crippen LogP contribution in [0.2, 0.25) is 0 Å². The smallest absolute Gasteiger partial charge is 0.137 e. The van der Waals surface area contributed by atoms with Crippen molar-refractivity contribution in [3.05, 3.63) is 34.7 Å². The maximum Gasteiger partial charge on any atom is 0.137 e. The Kier molecular flexibility index (Phi) is 3.63. The van der Waals surface area contributed by atoms with E-state index in [0.29, 0.717) is 6.54 Å². The van der Waals surface area contributed by atoms with Crippen LogP contribution < -0.4 is 0 Å². The van der Waals surface area contributed by atoms with Crippen molar-refractivity contribution in [3.8, 4) is 0 Å². The molecule has 0 aliphatic carbocycles. The number of aliphatic hydroxyl groups is 1. The number of aromatic nitrogens is 2. The van der Waals surface area contributed by atoms with E-state index in [1.165, 1.54) is 17.1 Å². The molecule has 0 unspecified atom stereocenters. The van der Waals surface area contributed by atoms with Crippen molar-refractivity contribution < 1.29 is 9.63 Å². The molecule has 0 saturated carbocycles. The molecule has 2 atom stereocenters. The van der Waals surface area contributed by atoms with E-state index in [1.807, 2.05) is 19.2 Å². The van der Waals surface area contributed by atoms with Crippen molar-refractivity contribution in [2.45, 2.75) is 26.0 Å². The van der Waals surface area contributed by atoms with Gasteiger partial charge in [0.05, 0.1) is 11.8 Å². The highest BCUT2D eigenvalue weighted by atomic mass is 32.1. The zero-order valence-electron chi connectivity index (χ0n) is 10.8. The summed E-state index contributed by atoms with van der Waals surface area (Å²) in [6, 6.07) is 1.94. The maximum absolute atomic E-state index is 10.1. The average molecular weight is 279 g/mol. The van der Waals surface area contributed by atoms with Crippen LogP contribution in [0.4, 0.5) is 0 Å². The Morgan fingerprint density at radius 1 is 1.53 bits per heavy atom. The third kappa shape index (κ3) is 3.02. The summed E-state index contributed by atoms with van der Waals surface area (Å²) < 4.78 is 9.33. The van der Waals surface area contributed by atoms with Crippen LogP contribution in [-0.4, -0.2) is 38.7 Å². The van der Waals surface area contributed by atoms with E-state index < -0.39 is 0 Å². The van der Waals surface area contributed by atoms with Crippen LogP contribution in [0.5, 0.6) is 0 Å². The zero-order chi connectivity index (χ0) is 13.2. The SMILES string of the molecule is Cc1cc(C[C@@H]2CN(Cc3cnsc3)C[C@H]2O)on1. The fraction of sp³-hybridized carbons (Fsp3) is 0.538. The van der Waals surface area contributed by atoms with E-state index >= 15 is 0 Å². The molecule has 3 rings (SSSR count). The number of hydrogen-bond donors (Lipinski definition) is 1. The second-order valence-electron chi connectivity index (χ2n) is 5.19. The minimum Gasteiger partial charge on any atom is -0.391 e. The normalized spacial score (nSPS) is 24.1. The third-order valence-electron chi connectivity index (χ3n) is 3.51. The Morgan fingerprint density at radius 2 is 2.42 bits per heavy atom. The predicted molar refractivity (Wildman–Crippen MR) is 71.8 cm³/mol. The quantitative estimate of drug-likeness (QED) is 0.918. The van der Waals surface area contributed by atoms with Gasteiger partial charge in [-0.3, -0.25) is 4.90 Å². The van der Waals surface area contributed by atoms with Crippen molar-refractivity contribution in [3.63, 3.8) is 0 Å². The molecular weight excluding hydrogens is 262 g/mol. The first kappa shape index (κ1) is 12.8. The first-order chi connectivity index (χ1) is 9.20. The van der Waals surface area contributed by atoms with Crippen LogP contribution >= 0.6 is 11.5 Å². The lowest BCUT2D eigenvalue weighted by Gasteiger charge is -2.13. The number of β-amino-alcohol motifs (C(OH)–C–C–N with tert-alkyl or cyclic N) is 1. The zero-order valence-corrected chi connectivity index (χ0v) is 11.6. The summed E-state index contributed by atoms with van der Waals surface area (Å²) >= 11 is 1.47. The van der Waals surface area contributed by atoms with Gasteiger partial charge in [-0.05, 0) is 24.0 Å². The van der Waals surface area contributed by atoms with Crippen molar-refractivity contribution in [1.82, 2.24) is 14.4 Å². The molecule has 3 heterocycles. The second-order valence-corrected chi connectivity index (χ2v) is 5.85. The van der Waals surface area contributed by atoms with E-state index in [2.05, 4.69) is 19.8 Å². The van der Waals surface area contributed by atoms with Crippen molar-refractivity contribution >= 4 is 11.5 Å². The van der Waals surface area contributed by atoms with Gasteiger partial charge in [-0.25, -0.2) is 4.37 Å². The van der Waals surface area contributed by atoms with Gasteiger partial charge < -0.3 is 9.63 Å². The fourth-order valence-electron chi connectivity index (χ4n) is 2.61. The molecule has 1 aliphatic heterocycles. The van der Waals surface area contributed by atoms with E-state index in [4.69, 9.17) is 4.52 Å². The molecule has 0 radical (unpaired) electrons. The number of aliphatic hydroxyl groups excluding tert-OH is 1. The summed E-state index contributed by atoms with van der Waals surface area (Å²) in [6.07, 6.45) is 2.35. The van der Waals surface area contributed by atoms with Gasteiger partial charge in [0.15, 0.2) is 0 Å². The van der Waals surface area contributed by atoms with Gasteiger partial charge in [0.25, 0.3) is 0 Å². The molecule has 1 N–H and O–H groups in total. The van der Waals surface area contributed by atoms with Crippen molar-refractivity contribution in [1.29, 1.82) is 0 Å². The molecule has 1 saturated heterocycles. The lowest BCUT2D eigenvalue weighted by Crippen LogP contribution is -2.21. The highest BCUT2D eigenvalue weighted by Gasteiger charge is 2.32. The van der Waals surface area contributed by atoms with Crippen LogP contribution in [-0.2, 0) is 13.0 Å². The first-order valence-corrected chi connectivity index (χ1v) is 7.25. The number of aryl methyl sites for hydroxylation is 1. The molecule has 1 fully saturated rings. The van der Waals surface area contributed by atoms with E-state index in [0.717, 1.165) is 31.0 Å². The largest absolute Gasteiger partial charge is 0.391 e. The van der Waals surface area contributed by atoms with Gasteiger partial charge in [0.1, 0.15) is 5.76 Å². The number of rotatable bonds is 4. The highest BCUT2D eigenvalue weighted by Crippen LogP contribution is 2.23. The van der Waals surface area contributed by atoms with Gasteiger partial charge in [-0.1, -0.05) is 5.16 Å². The Hall–Kier alpha value is -1.24. The Labute approximate surface area is 116 Å². The van der Waals surface area contributed by atoms with Crippen LogP contribution in [0.3, 0.4) is 0 Å². The summed E-state index contributed by atoms with van der Waals surface area (Å²) in [5.41, 5.74) is 2.11. The Morgan fingerprint density at radius 3 is 3.11 bits per heavy atom. The summed E-state index contributed by atoms with van der Waals surface area (Å²) in [4.78, 5) is 2.27. The van der Waals surface area contributed by atoms with E-state index in [-0.39, 0.29) is 12.0 Å². The number of likely N-dealkylation sites (tertiary alicyclic amines) is 1. The molecule has 19 heavy (non-hydrogen) atoms. The third-order valence-corrected chi connectivity index (χ3v) is 4.15. The monoisotopic (exact) mass is 279 g/mol. The van der Waals surface area contributed by atoms with Gasteiger partial charge in [0.2, 0.25) is 0 Å². The number of hydrogen-bond acceptors (Lipinski definition) is 6. The molecule has 1 aliphatic rings. The number of nitrogens with zero attached hydrogens (tertiary/aromatic N) is 3. The molecule has 2 aromatic heterocycles. The van der Waals surface area contributed by atoms with Gasteiger partial charge in [0, 0.05) is 49.6 Å². The standard InChI is InChI=1S/C13H17N3O2S/c1-9-2-12(18-15-9)3-11-6-16(7-13(11)17)5-10-4-14-19-8-10/h2,4,8,11,13,17H,3,5-7H2,1H3/t11-,13-/m1/s1. The fourth-order valence-corrected chi connectivity index (χ4v) is 3.13. The first-order valence-electron chi connectivity index (χ1n) is 6.41. The van der Waals surface area contributed by atoms with Crippen LogP contribution in [0, 0.1) is 12.8 Å². The molecule has 5 nitrogen and oxygen atoms in total. The molecular formula is C13H17N3O2S. The van der Waals surface area contributed by atoms with Crippen LogP contribution in [0.25, 0.3) is 0 Å². The average Bonchev–Trinajstić information content (AvgIpc) is 3.06. The van der Waals surface area contributed by atoms with Gasteiger partial charge >= 0.3 is 0 Å². The summed E-state index contributed by atoms with van der Waals surface area (Å²) in [5, 5.41) is 16.1. The molecule has 6 heteroatoms. The second kappa shape index (κ2) is 5.40. The molecule has 0 spiro atoms. The summed E-state index contributed by atoms with van der Waals surface area (Å²) in [5.74, 6) is 1.08. The van der Waals surface area contributed by atoms with E-state index in [9.17, 15) is 5.11 Å². The van der Waals surface area contributed by atoms with Crippen molar-refractivity contribution in [2.75, 3.05) is 13.1 Å². The van der Waals surface area contributed by atoms with Crippen LogP contribution in [0.15, 0.2) is 22.2 Å². The summed E-state index contributed by atoms with van der Waals surface area (Å²) in [7, 11) is 0. The van der Waals surface area contributed by atoms with Gasteiger partial charge in [-0.2, -0.15) is 0 Å². The molecule has 2 aromatic rings. The minimum absolute atomic E-state index is 0.221. The van der Waals surface area contributed by atoms with Gasteiger partial charge in [-0.15, -0.1) is 0 Å².